The van der Waals surface area contributed by atoms with Crippen LogP contribution >= 0.6 is 0 Å². The molecule has 0 saturated heterocycles. The van der Waals surface area contributed by atoms with Crippen LogP contribution in [0.4, 0.5) is 9.59 Å². The van der Waals surface area contributed by atoms with Gasteiger partial charge in [0.2, 0.25) is 20.0 Å². The highest BCUT2D eigenvalue weighted by atomic mass is 32.2. The van der Waals surface area contributed by atoms with E-state index < -0.39 is 71.6 Å². The zero-order valence-electron chi connectivity index (χ0n) is 26.5. The molecule has 0 unspecified atom stereocenters. The number of nitrogens with two attached hydrogens (primary N) is 1. The molecule has 4 aliphatic rings. The van der Waals surface area contributed by atoms with Crippen LogP contribution in [0.2, 0.25) is 0 Å². The second-order valence-electron chi connectivity index (χ2n) is 13.6. The van der Waals surface area contributed by atoms with Crippen LogP contribution in [0.25, 0.3) is 0 Å². The van der Waals surface area contributed by atoms with Crippen LogP contribution in [0.1, 0.15) is 80.1 Å². The average molecular weight is 679 g/mol. The average Bonchev–Trinajstić information content (AvgIpc) is 3.70. The number of carbonyl (C=O) groups is 4. The molecular weight excluding hydrogens is 632 g/mol. The zero-order chi connectivity index (χ0) is 34.8. The highest BCUT2D eigenvalue weighted by molar-refractivity contribution is 7.91. The molecule has 45 heavy (non-hydrogen) atoms. The molecule has 0 aromatic carbocycles. The molecule has 0 heterocycles. The quantitative estimate of drug-likeness (QED) is 0.221. The van der Waals surface area contributed by atoms with Crippen molar-refractivity contribution >= 4 is 44.1 Å². The third-order valence-corrected chi connectivity index (χ3v) is 10.2. The number of alkyl carbamates (subject to hydrolysis) is 2. The summed E-state index contributed by atoms with van der Waals surface area (Å²) >= 11 is 0. The summed E-state index contributed by atoms with van der Waals surface area (Å²) in [5, 5.41) is 17.9. The molecule has 4 atom stereocenters. The van der Waals surface area contributed by atoms with Crippen LogP contribution in [-0.4, -0.2) is 78.8 Å². The Labute approximate surface area is 264 Å². The summed E-state index contributed by atoms with van der Waals surface area (Å²) in [5.41, 5.74) is -3.85. The molecule has 3 amide bonds. The first-order valence-electron chi connectivity index (χ1n) is 14.4. The van der Waals surface area contributed by atoms with Gasteiger partial charge in [0.1, 0.15) is 22.3 Å². The highest BCUT2D eigenvalue weighted by Gasteiger charge is 2.62. The van der Waals surface area contributed by atoms with Gasteiger partial charge < -0.3 is 25.2 Å². The fourth-order valence-corrected chi connectivity index (χ4v) is 6.26. The van der Waals surface area contributed by atoms with E-state index in [0.717, 1.165) is 12.8 Å². The Morgan fingerprint density at radius 2 is 1.16 bits per heavy atom. The van der Waals surface area contributed by atoms with E-state index in [9.17, 15) is 36.0 Å². The third kappa shape index (κ3) is 11.3. The van der Waals surface area contributed by atoms with E-state index in [2.05, 4.69) is 28.5 Å². The highest BCUT2D eigenvalue weighted by Crippen LogP contribution is 2.46. The van der Waals surface area contributed by atoms with Gasteiger partial charge in [-0.3, -0.25) is 9.52 Å². The van der Waals surface area contributed by atoms with E-state index in [1.165, 1.54) is 12.2 Å². The molecule has 0 radical (unpaired) electrons. The van der Waals surface area contributed by atoms with Crippen molar-refractivity contribution in [2.24, 2.45) is 17.0 Å². The van der Waals surface area contributed by atoms with E-state index >= 15 is 0 Å². The minimum Gasteiger partial charge on any atom is -0.479 e. The predicted octanol–water partition coefficient (Wildman–Crippen LogP) is 2.04. The molecule has 17 heteroatoms. The maximum Gasteiger partial charge on any atom is 0.408 e. The van der Waals surface area contributed by atoms with Gasteiger partial charge in [-0.05, 0) is 80.1 Å². The van der Waals surface area contributed by atoms with Crippen LogP contribution in [-0.2, 0) is 39.1 Å². The SMILES string of the molecule is C=C[C@@H]1C[C@]1(NC(=O)OC(C)(C)C)C(=O)NS(=O)(=O)C1CC1.C=C[C@@H]1C[C@]1(NC(=O)OC(C)(C)C)C(=O)O.NS(=O)(=O)C1CC1. The number of carbonyl (C=O) groups excluding carboxylic acids is 3. The Balaban J connectivity index is 0.000000266. The maximum absolute atomic E-state index is 12.3. The largest absolute Gasteiger partial charge is 0.479 e. The maximum atomic E-state index is 12.3. The van der Waals surface area contributed by atoms with Gasteiger partial charge in [0.15, 0.2) is 0 Å². The molecular formula is C28H46N4O11S2. The summed E-state index contributed by atoms with van der Waals surface area (Å²) in [7, 11) is -6.79. The molecule has 4 rings (SSSR count). The smallest absolute Gasteiger partial charge is 0.408 e. The molecule has 6 N–H and O–H groups in total. The van der Waals surface area contributed by atoms with Gasteiger partial charge in [0.05, 0.1) is 10.5 Å². The topological polar surface area (TPSA) is 237 Å². The number of carboxylic acid groups (broad SMARTS) is 1. The van der Waals surface area contributed by atoms with Gasteiger partial charge in [0, 0.05) is 11.8 Å². The molecule has 4 fully saturated rings. The standard InChI is InChI=1S/C14H22N2O5S.C11H17NO4.C3H7NO2S/c1-5-9-8-14(9,15-12(18)21-13(2,3)4)11(17)16-22(19,20)10-6-7-10;1-5-7-6-11(7,8(13)14)12-9(15)16-10(2,3)4;4-7(5,6)3-1-2-3/h5,9-10H,1,6-8H2,2-4H3,(H,15,18)(H,16,17);5,7H,1,6H2,2-4H3,(H,12,15)(H,13,14);3H,1-2H2,(H2,4,5,6)/t9-,14-;7-,11-;/m11./s1. The minimum absolute atomic E-state index is 0.201. The Bertz CT molecular complexity index is 1410. The van der Waals surface area contributed by atoms with Crippen molar-refractivity contribution in [2.75, 3.05) is 0 Å². The summed E-state index contributed by atoms with van der Waals surface area (Å²) in [6.45, 7) is 17.4. The van der Waals surface area contributed by atoms with E-state index in [1.54, 1.807) is 41.5 Å². The first kappa shape index (κ1) is 38.0. The van der Waals surface area contributed by atoms with Crippen molar-refractivity contribution in [1.82, 2.24) is 15.4 Å². The second kappa shape index (κ2) is 13.3. The Hall–Kier alpha value is -3.18. The Kier molecular flexibility index (Phi) is 11.2. The van der Waals surface area contributed by atoms with Crippen molar-refractivity contribution in [1.29, 1.82) is 0 Å². The number of ether oxygens (including phenoxy) is 2. The summed E-state index contributed by atoms with van der Waals surface area (Å²) in [6, 6.07) is 0. The number of nitrogens with one attached hydrogen (secondary N) is 3. The number of amides is 3. The Morgan fingerprint density at radius 1 is 0.778 bits per heavy atom. The second-order valence-corrected chi connectivity index (χ2v) is 17.4. The van der Waals surface area contributed by atoms with Gasteiger partial charge in [-0.1, -0.05) is 12.2 Å². The lowest BCUT2D eigenvalue weighted by Crippen LogP contribution is -2.53. The van der Waals surface area contributed by atoms with Crippen molar-refractivity contribution in [3.05, 3.63) is 25.3 Å². The normalized spacial score (nSPS) is 27.0. The first-order valence-corrected chi connectivity index (χ1v) is 17.6. The summed E-state index contributed by atoms with van der Waals surface area (Å²) in [4.78, 5) is 46.7. The molecule has 4 aliphatic carbocycles. The number of hydrogen-bond acceptors (Lipinski definition) is 10. The lowest BCUT2D eigenvalue weighted by molar-refractivity contribution is -0.141. The van der Waals surface area contributed by atoms with Crippen LogP contribution in [0.5, 0.6) is 0 Å². The van der Waals surface area contributed by atoms with Gasteiger partial charge in [0.25, 0.3) is 5.91 Å². The van der Waals surface area contributed by atoms with E-state index in [1.807, 2.05) is 0 Å². The van der Waals surface area contributed by atoms with Crippen LogP contribution in [0.3, 0.4) is 0 Å². The number of hydrogen-bond donors (Lipinski definition) is 5. The van der Waals surface area contributed by atoms with E-state index in [4.69, 9.17) is 19.7 Å². The van der Waals surface area contributed by atoms with Crippen LogP contribution < -0.4 is 20.5 Å². The van der Waals surface area contributed by atoms with Crippen molar-refractivity contribution in [3.63, 3.8) is 0 Å². The van der Waals surface area contributed by atoms with E-state index in [-0.39, 0.29) is 17.1 Å². The fraction of sp³-hybridized carbons (Fsp3) is 0.714. The molecule has 0 aromatic heterocycles. The Morgan fingerprint density at radius 3 is 1.42 bits per heavy atom. The van der Waals surface area contributed by atoms with Gasteiger partial charge in [-0.25, -0.2) is 36.4 Å². The first-order chi connectivity index (χ1) is 20.3. The van der Waals surface area contributed by atoms with Crippen molar-refractivity contribution in [3.8, 4) is 0 Å². The number of rotatable bonds is 9. The molecule has 0 aliphatic heterocycles. The molecule has 256 valence electrons. The van der Waals surface area contributed by atoms with Crippen LogP contribution in [0.15, 0.2) is 25.3 Å². The van der Waals surface area contributed by atoms with Gasteiger partial charge in [-0.2, -0.15) is 0 Å². The third-order valence-electron chi connectivity index (χ3n) is 7.02. The van der Waals surface area contributed by atoms with E-state index in [0.29, 0.717) is 25.7 Å². The summed E-state index contributed by atoms with van der Waals surface area (Å²) < 4.78 is 56.3. The number of sulfonamides is 2. The molecule has 0 spiro atoms. The van der Waals surface area contributed by atoms with Gasteiger partial charge >= 0.3 is 18.2 Å². The number of aliphatic carboxylic acids is 1. The summed E-state index contributed by atoms with van der Waals surface area (Å²) in [6.07, 6.45) is 4.91. The van der Waals surface area contributed by atoms with Gasteiger partial charge in [-0.15, -0.1) is 13.2 Å². The monoisotopic (exact) mass is 678 g/mol. The lowest BCUT2D eigenvalue weighted by atomic mass is 10.2. The molecule has 0 bridgehead atoms. The lowest BCUT2D eigenvalue weighted by Gasteiger charge is -2.23. The molecule has 15 nitrogen and oxygen atoms in total. The number of primary sulfonamides is 1. The van der Waals surface area contributed by atoms with Crippen molar-refractivity contribution in [2.45, 2.75) is 113 Å². The number of carboxylic acids is 1. The predicted molar refractivity (Wildman–Crippen MR) is 165 cm³/mol. The zero-order valence-corrected chi connectivity index (χ0v) is 28.2. The molecule has 0 aromatic rings. The minimum atomic E-state index is -3.66. The summed E-state index contributed by atoms with van der Waals surface area (Å²) in [5.74, 6) is -2.31. The fourth-order valence-electron chi connectivity index (χ4n) is 4.10. The van der Waals surface area contributed by atoms with Crippen molar-refractivity contribution < 1.29 is 50.6 Å². The molecule has 4 saturated carbocycles. The van der Waals surface area contributed by atoms with Crippen LogP contribution in [0, 0.1) is 11.8 Å².